The lowest BCUT2D eigenvalue weighted by Gasteiger charge is -2.35. The van der Waals surface area contributed by atoms with Crippen molar-refractivity contribution in [2.45, 2.75) is 50.2 Å². The van der Waals surface area contributed by atoms with E-state index in [1.807, 2.05) is 51.1 Å². The Labute approximate surface area is 281 Å². The second kappa shape index (κ2) is 14.5. The van der Waals surface area contributed by atoms with Crippen LogP contribution in [-0.4, -0.2) is 56.5 Å². The van der Waals surface area contributed by atoms with Crippen molar-refractivity contribution in [2.75, 3.05) is 24.1 Å². The molecule has 246 valence electrons. The molecule has 0 aliphatic carbocycles. The fourth-order valence-corrected chi connectivity index (χ4v) is 6.78. The van der Waals surface area contributed by atoms with E-state index in [2.05, 4.69) is 5.32 Å². The number of carbonyl (C=O) groups is 2. The number of fused-ring (bicyclic) bond motifs is 1. The highest BCUT2D eigenvalue weighted by Crippen LogP contribution is 2.36. The molecule has 0 fully saturated rings. The number of anilines is 1. The highest BCUT2D eigenvalue weighted by Gasteiger charge is 2.36. The summed E-state index contributed by atoms with van der Waals surface area (Å²) in [7, 11) is -4.25. The molecule has 47 heavy (non-hydrogen) atoms. The number of rotatable bonds is 11. The Morgan fingerprint density at radius 3 is 2.09 bits per heavy atom. The molecule has 1 unspecified atom stereocenters. The second-order valence-electron chi connectivity index (χ2n) is 12.2. The lowest BCUT2D eigenvalue weighted by molar-refractivity contribution is -0.140. The van der Waals surface area contributed by atoms with E-state index < -0.39 is 34.1 Å². The number of hydrogen-bond acceptors (Lipinski definition) is 6. The number of nitrogens with zero attached hydrogens (tertiary/aromatic N) is 2. The molecule has 0 spiro atoms. The normalized spacial score (nSPS) is 13.4. The van der Waals surface area contributed by atoms with Crippen LogP contribution < -0.4 is 19.1 Å². The molecule has 1 atom stereocenters. The fraction of sp³-hybridized carbons (Fsp3) is 0.278. The van der Waals surface area contributed by atoms with Gasteiger partial charge >= 0.3 is 0 Å². The van der Waals surface area contributed by atoms with Gasteiger partial charge in [0.2, 0.25) is 11.8 Å². The third-order valence-electron chi connectivity index (χ3n) is 7.46. The van der Waals surface area contributed by atoms with Crippen LogP contribution in [0.2, 0.25) is 5.02 Å². The van der Waals surface area contributed by atoms with Gasteiger partial charge < -0.3 is 19.7 Å². The zero-order valence-corrected chi connectivity index (χ0v) is 28.1. The number of carbonyl (C=O) groups excluding carboxylic acids is 2. The number of ether oxygens (including phenoxy) is 2. The van der Waals surface area contributed by atoms with Crippen LogP contribution >= 0.6 is 11.6 Å². The molecule has 0 radical (unpaired) electrons. The van der Waals surface area contributed by atoms with E-state index in [1.54, 1.807) is 60.7 Å². The first-order valence-electron chi connectivity index (χ1n) is 15.3. The fourth-order valence-electron chi connectivity index (χ4n) is 5.23. The summed E-state index contributed by atoms with van der Waals surface area (Å²) in [5, 5.41) is 3.55. The molecule has 9 nitrogen and oxygen atoms in total. The van der Waals surface area contributed by atoms with Crippen LogP contribution in [0.4, 0.5) is 5.69 Å². The monoisotopic (exact) mass is 675 g/mol. The van der Waals surface area contributed by atoms with Gasteiger partial charge in [-0.1, -0.05) is 72.3 Å². The first kappa shape index (κ1) is 33.8. The van der Waals surface area contributed by atoms with Crippen molar-refractivity contribution in [1.29, 1.82) is 0 Å². The van der Waals surface area contributed by atoms with Gasteiger partial charge in [0.25, 0.3) is 10.0 Å². The number of amides is 2. The summed E-state index contributed by atoms with van der Waals surface area (Å²) in [6.45, 7) is 5.73. The van der Waals surface area contributed by atoms with Crippen molar-refractivity contribution < 1.29 is 27.5 Å². The van der Waals surface area contributed by atoms with Crippen molar-refractivity contribution in [2.24, 2.45) is 0 Å². The molecular formula is C36H38ClN3O6S. The topological polar surface area (TPSA) is 105 Å². The lowest BCUT2D eigenvalue weighted by atomic mass is 10.0. The van der Waals surface area contributed by atoms with E-state index in [0.29, 0.717) is 29.7 Å². The predicted octanol–water partition coefficient (Wildman–Crippen LogP) is 5.86. The Morgan fingerprint density at radius 2 is 1.45 bits per heavy atom. The van der Waals surface area contributed by atoms with Crippen LogP contribution in [0.1, 0.15) is 31.9 Å². The van der Waals surface area contributed by atoms with Gasteiger partial charge in [0.15, 0.2) is 11.5 Å². The molecule has 4 aromatic carbocycles. The minimum atomic E-state index is -4.25. The maximum atomic E-state index is 14.6. The van der Waals surface area contributed by atoms with Crippen LogP contribution in [0.25, 0.3) is 0 Å². The first-order valence-corrected chi connectivity index (χ1v) is 17.1. The Morgan fingerprint density at radius 1 is 0.830 bits per heavy atom. The van der Waals surface area contributed by atoms with Gasteiger partial charge in [-0.15, -0.1) is 0 Å². The van der Waals surface area contributed by atoms with Gasteiger partial charge in [0.1, 0.15) is 25.8 Å². The Hall–Kier alpha value is -4.54. The summed E-state index contributed by atoms with van der Waals surface area (Å²) in [6.07, 6.45) is 0.206. The summed E-state index contributed by atoms with van der Waals surface area (Å²) < 4.78 is 40.9. The molecule has 1 aliphatic heterocycles. The molecule has 1 aliphatic rings. The third-order valence-corrected chi connectivity index (χ3v) is 9.50. The minimum absolute atomic E-state index is 0.0123. The highest BCUT2D eigenvalue weighted by atomic mass is 35.5. The van der Waals surface area contributed by atoms with E-state index in [4.69, 9.17) is 21.1 Å². The molecule has 0 saturated carbocycles. The van der Waals surface area contributed by atoms with Crippen molar-refractivity contribution in [1.82, 2.24) is 10.2 Å². The van der Waals surface area contributed by atoms with Crippen molar-refractivity contribution in [3.8, 4) is 11.5 Å². The molecule has 4 aromatic rings. The summed E-state index contributed by atoms with van der Waals surface area (Å²) in [5.41, 5.74) is 1.20. The maximum Gasteiger partial charge on any atom is 0.264 e. The SMILES string of the molecule is CC(C)(C)NC(=O)C(Cc1ccccc1)N(Cc1ccc(Cl)cc1)C(=O)CN(c1ccc2c(c1)OCCO2)S(=O)(=O)c1ccccc1. The van der Waals surface area contributed by atoms with Crippen molar-refractivity contribution >= 4 is 39.1 Å². The minimum Gasteiger partial charge on any atom is -0.486 e. The van der Waals surface area contributed by atoms with Gasteiger partial charge in [-0.2, -0.15) is 0 Å². The van der Waals surface area contributed by atoms with Gasteiger partial charge in [-0.05, 0) is 68.3 Å². The lowest BCUT2D eigenvalue weighted by Crippen LogP contribution is -2.56. The Kier molecular flexibility index (Phi) is 10.4. The average Bonchev–Trinajstić information content (AvgIpc) is 3.05. The number of hydrogen-bond donors (Lipinski definition) is 1. The van der Waals surface area contributed by atoms with E-state index >= 15 is 0 Å². The highest BCUT2D eigenvalue weighted by molar-refractivity contribution is 7.92. The summed E-state index contributed by atoms with van der Waals surface area (Å²) in [4.78, 5) is 30.1. The van der Waals surface area contributed by atoms with Crippen LogP contribution in [0.5, 0.6) is 11.5 Å². The molecule has 1 heterocycles. The Balaban J connectivity index is 1.59. The standard InChI is InChI=1S/C36H38ClN3O6S/c1-36(2,3)38-35(42)31(22-26-10-6-4-7-11-26)39(24-27-14-16-28(37)17-15-27)34(41)25-40(47(43,44)30-12-8-5-9-13-30)29-18-19-32-33(23-29)46-21-20-45-32/h4-19,23,31H,20-22,24-25H2,1-3H3,(H,38,42). The van der Waals surface area contributed by atoms with E-state index in [9.17, 15) is 18.0 Å². The quantitative estimate of drug-likeness (QED) is 0.214. The molecular weight excluding hydrogens is 638 g/mol. The van der Waals surface area contributed by atoms with Crippen molar-refractivity contribution in [3.63, 3.8) is 0 Å². The number of benzene rings is 4. The molecule has 0 bridgehead atoms. The zero-order chi connectivity index (χ0) is 33.6. The second-order valence-corrected chi connectivity index (χ2v) is 14.5. The van der Waals surface area contributed by atoms with Gasteiger partial charge in [-0.25, -0.2) is 8.42 Å². The number of sulfonamides is 1. The first-order chi connectivity index (χ1) is 22.4. The predicted molar refractivity (Wildman–Crippen MR) is 182 cm³/mol. The molecule has 0 saturated heterocycles. The zero-order valence-electron chi connectivity index (χ0n) is 26.6. The molecule has 0 aromatic heterocycles. The molecule has 5 rings (SSSR count). The molecule has 1 N–H and O–H groups in total. The van der Waals surface area contributed by atoms with Crippen LogP contribution in [-0.2, 0) is 32.6 Å². The maximum absolute atomic E-state index is 14.6. The van der Waals surface area contributed by atoms with Crippen LogP contribution in [0.15, 0.2) is 108 Å². The van der Waals surface area contributed by atoms with Gasteiger partial charge in [0.05, 0.1) is 10.6 Å². The van der Waals surface area contributed by atoms with Gasteiger partial charge in [-0.3, -0.25) is 13.9 Å². The largest absolute Gasteiger partial charge is 0.486 e. The van der Waals surface area contributed by atoms with E-state index in [0.717, 1.165) is 15.4 Å². The van der Waals surface area contributed by atoms with Gasteiger partial charge in [0, 0.05) is 29.6 Å². The molecule has 2 amide bonds. The summed E-state index contributed by atoms with van der Waals surface area (Å²) >= 11 is 6.16. The third kappa shape index (κ3) is 8.64. The molecule has 11 heteroatoms. The van der Waals surface area contributed by atoms with E-state index in [1.165, 1.54) is 17.0 Å². The smallest absolute Gasteiger partial charge is 0.264 e. The average molecular weight is 676 g/mol. The van der Waals surface area contributed by atoms with Crippen LogP contribution in [0, 0.1) is 0 Å². The summed E-state index contributed by atoms with van der Waals surface area (Å²) in [6, 6.07) is 28.1. The number of halogens is 1. The Bertz CT molecular complexity index is 1800. The van der Waals surface area contributed by atoms with Crippen molar-refractivity contribution in [3.05, 3.63) is 119 Å². The van der Waals surface area contributed by atoms with E-state index in [-0.39, 0.29) is 29.5 Å². The number of nitrogens with one attached hydrogen (secondary N) is 1. The summed E-state index contributed by atoms with van der Waals surface area (Å²) in [5.74, 6) is -0.0756. The van der Waals surface area contributed by atoms with Crippen LogP contribution in [0.3, 0.4) is 0 Å².